The van der Waals surface area contributed by atoms with Crippen molar-refractivity contribution in [3.05, 3.63) is 28.8 Å². The maximum absolute atomic E-state index is 12.1. The van der Waals surface area contributed by atoms with E-state index in [1.165, 1.54) is 4.90 Å². The van der Waals surface area contributed by atoms with Crippen molar-refractivity contribution >= 4 is 27.3 Å². The molecule has 1 aromatic rings. The fourth-order valence-electron chi connectivity index (χ4n) is 2.25. The molecule has 0 radical (unpaired) electrons. The van der Waals surface area contributed by atoms with Crippen molar-refractivity contribution in [3.63, 3.8) is 0 Å². The lowest BCUT2D eigenvalue weighted by molar-refractivity contribution is -0.133. The van der Waals surface area contributed by atoms with Crippen LogP contribution in [0.15, 0.2) is 18.2 Å². The minimum atomic E-state index is -3.01. The zero-order chi connectivity index (χ0) is 15.6. The number of sulfone groups is 1. The number of hydrogen-bond acceptors (Lipinski definition) is 4. The van der Waals surface area contributed by atoms with E-state index in [0.717, 1.165) is 5.56 Å². The van der Waals surface area contributed by atoms with Crippen molar-refractivity contribution in [1.82, 2.24) is 4.90 Å². The van der Waals surface area contributed by atoms with Crippen LogP contribution in [0.2, 0.25) is 5.02 Å². The van der Waals surface area contributed by atoms with Crippen LogP contribution < -0.4 is 4.74 Å². The van der Waals surface area contributed by atoms with E-state index in [2.05, 4.69) is 0 Å². The van der Waals surface area contributed by atoms with E-state index in [-0.39, 0.29) is 30.1 Å². The summed E-state index contributed by atoms with van der Waals surface area (Å²) in [7, 11) is -1.40. The van der Waals surface area contributed by atoms with Gasteiger partial charge in [-0.15, -0.1) is 0 Å². The summed E-state index contributed by atoms with van der Waals surface area (Å²) in [5.41, 5.74) is 0.983. The molecule has 2 rings (SSSR count). The van der Waals surface area contributed by atoms with Crippen LogP contribution in [0.5, 0.6) is 5.75 Å². The van der Waals surface area contributed by atoms with Gasteiger partial charge in [0.1, 0.15) is 5.75 Å². The van der Waals surface area contributed by atoms with Crippen LogP contribution in [-0.4, -0.2) is 50.4 Å². The third-order valence-electron chi connectivity index (χ3n) is 3.59. The van der Waals surface area contributed by atoms with Gasteiger partial charge in [-0.25, -0.2) is 8.42 Å². The highest BCUT2D eigenvalue weighted by Gasteiger charge is 2.32. The summed E-state index contributed by atoms with van der Waals surface area (Å²) in [6.45, 7) is 1.75. The van der Waals surface area contributed by atoms with Crippen LogP contribution in [0.1, 0.15) is 12.0 Å². The first-order valence-electron chi connectivity index (χ1n) is 6.63. The van der Waals surface area contributed by atoms with Gasteiger partial charge in [-0.1, -0.05) is 17.7 Å². The molecule has 1 saturated heterocycles. The number of rotatable bonds is 4. The van der Waals surface area contributed by atoms with Gasteiger partial charge in [-0.2, -0.15) is 0 Å². The molecule has 21 heavy (non-hydrogen) atoms. The Hall–Kier alpha value is -1.27. The third kappa shape index (κ3) is 4.11. The molecule has 1 aromatic carbocycles. The van der Waals surface area contributed by atoms with Gasteiger partial charge in [0.15, 0.2) is 16.4 Å². The zero-order valence-corrected chi connectivity index (χ0v) is 13.6. The third-order valence-corrected chi connectivity index (χ3v) is 5.65. The van der Waals surface area contributed by atoms with Crippen LogP contribution >= 0.6 is 11.6 Å². The molecule has 1 aliphatic rings. The number of carbonyl (C=O) groups excluding carboxylic acids is 1. The Morgan fingerprint density at radius 2 is 2.19 bits per heavy atom. The van der Waals surface area contributed by atoms with E-state index < -0.39 is 9.84 Å². The SMILES string of the molecule is Cc1ccc(Cl)c(OCC(=O)N(C)[C@@H]2CCS(=O)(=O)C2)c1. The van der Waals surface area contributed by atoms with Crippen molar-refractivity contribution in [2.45, 2.75) is 19.4 Å². The second-order valence-corrected chi connectivity index (χ2v) is 7.92. The first-order valence-corrected chi connectivity index (χ1v) is 8.83. The van der Waals surface area contributed by atoms with E-state index in [0.29, 0.717) is 17.2 Å². The highest BCUT2D eigenvalue weighted by Crippen LogP contribution is 2.25. The molecule has 0 aromatic heterocycles. The summed E-state index contributed by atoms with van der Waals surface area (Å²) >= 11 is 5.99. The molecule has 116 valence electrons. The molecule has 0 N–H and O–H groups in total. The number of benzene rings is 1. The lowest BCUT2D eigenvalue weighted by Crippen LogP contribution is -2.40. The number of ether oxygens (including phenoxy) is 1. The second kappa shape index (κ2) is 6.23. The van der Waals surface area contributed by atoms with Gasteiger partial charge in [0.25, 0.3) is 5.91 Å². The smallest absolute Gasteiger partial charge is 0.260 e. The van der Waals surface area contributed by atoms with Crippen LogP contribution in [0.3, 0.4) is 0 Å². The summed E-state index contributed by atoms with van der Waals surface area (Å²) in [6, 6.07) is 5.06. The molecule has 0 bridgehead atoms. The quantitative estimate of drug-likeness (QED) is 0.842. The normalized spacial score (nSPS) is 20.2. The first-order chi connectivity index (χ1) is 9.78. The topological polar surface area (TPSA) is 63.7 Å². The monoisotopic (exact) mass is 331 g/mol. The second-order valence-electron chi connectivity index (χ2n) is 5.28. The summed E-state index contributed by atoms with van der Waals surface area (Å²) in [6.07, 6.45) is 0.482. The van der Waals surface area contributed by atoms with E-state index >= 15 is 0 Å². The highest BCUT2D eigenvalue weighted by molar-refractivity contribution is 7.91. The number of nitrogens with zero attached hydrogens (tertiary/aromatic N) is 1. The fraction of sp³-hybridized carbons (Fsp3) is 0.500. The Kier molecular flexibility index (Phi) is 4.78. The van der Waals surface area contributed by atoms with Gasteiger partial charge in [0, 0.05) is 13.1 Å². The van der Waals surface area contributed by atoms with E-state index in [4.69, 9.17) is 16.3 Å². The molecule has 7 heteroatoms. The standard InChI is InChI=1S/C14H18ClNO4S/c1-10-3-4-12(15)13(7-10)20-8-14(17)16(2)11-5-6-21(18,19)9-11/h3-4,7,11H,5-6,8-9H2,1-2H3/t11-/m1/s1. The number of carbonyl (C=O) groups is 1. The number of aryl methyl sites for hydroxylation is 1. The summed E-state index contributed by atoms with van der Waals surface area (Å²) in [5.74, 6) is 0.368. The molecule has 1 aliphatic heterocycles. The Morgan fingerprint density at radius 1 is 1.48 bits per heavy atom. The average Bonchev–Trinajstić information content (AvgIpc) is 2.79. The lowest BCUT2D eigenvalue weighted by atomic mass is 10.2. The molecule has 5 nitrogen and oxygen atoms in total. The van der Waals surface area contributed by atoms with E-state index in [1.807, 2.05) is 13.0 Å². The van der Waals surface area contributed by atoms with Crippen LogP contribution in [0, 0.1) is 6.92 Å². The minimum Gasteiger partial charge on any atom is -0.482 e. The van der Waals surface area contributed by atoms with Crippen molar-refractivity contribution in [2.75, 3.05) is 25.2 Å². The molecule has 1 atom stereocenters. The van der Waals surface area contributed by atoms with Crippen LogP contribution in [-0.2, 0) is 14.6 Å². The van der Waals surface area contributed by atoms with Crippen molar-refractivity contribution in [1.29, 1.82) is 0 Å². The van der Waals surface area contributed by atoms with Crippen molar-refractivity contribution in [3.8, 4) is 5.75 Å². The summed E-state index contributed by atoms with van der Waals surface area (Å²) in [5, 5.41) is 0.444. The Morgan fingerprint density at radius 3 is 2.81 bits per heavy atom. The van der Waals surface area contributed by atoms with Crippen molar-refractivity contribution in [2.24, 2.45) is 0 Å². The maximum atomic E-state index is 12.1. The number of halogens is 1. The van der Waals surface area contributed by atoms with Crippen LogP contribution in [0.25, 0.3) is 0 Å². The molecule has 0 saturated carbocycles. The first kappa shape index (κ1) is 16.1. The molecule has 1 fully saturated rings. The Labute approximate surface area is 129 Å². The summed E-state index contributed by atoms with van der Waals surface area (Å²) < 4.78 is 28.3. The molecule has 0 unspecified atom stereocenters. The fourth-order valence-corrected chi connectivity index (χ4v) is 4.19. The van der Waals surface area contributed by atoms with Gasteiger partial charge < -0.3 is 9.64 Å². The number of amides is 1. The predicted octanol–water partition coefficient (Wildman–Crippen LogP) is 1.67. The van der Waals surface area contributed by atoms with Gasteiger partial charge in [0.05, 0.1) is 16.5 Å². The van der Waals surface area contributed by atoms with Gasteiger partial charge in [0.2, 0.25) is 0 Å². The average molecular weight is 332 g/mol. The van der Waals surface area contributed by atoms with Crippen molar-refractivity contribution < 1.29 is 17.9 Å². The number of hydrogen-bond donors (Lipinski definition) is 0. The van der Waals surface area contributed by atoms with Gasteiger partial charge >= 0.3 is 0 Å². The molecule has 0 aliphatic carbocycles. The minimum absolute atomic E-state index is 0.0282. The highest BCUT2D eigenvalue weighted by atomic mass is 35.5. The Balaban J connectivity index is 1.94. The summed E-state index contributed by atoms with van der Waals surface area (Å²) in [4.78, 5) is 13.5. The molecule has 1 heterocycles. The zero-order valence-electron chi connectivity index (χ0n) is 12.0. The van der Waals surface area contributed by atoms with Gasteiger partial charge in [-0.05, 0) is 31.0 Å². The molecular weight excluding hydrogens is 314 g/mol. The Bertz CT molecular complexity index is 644. The molecule has 0 spiro atoms. The maximum Gasteiger partial charge on any atom is 0.260 e. The largest absolute Gasteiger partial charge is 0.482 e. The van der Waals surface area contributed by atoms with E-state index in [9.17, 15) is 13.2 Å². The van der Waals surface area contributed by atoms with E-state index in [1.54, 1.807) is 19.2 Å². The number of likely N-dealkylation sites (N-methyl/N-ethyl adjacent to an activating group) is 1. The van der Waals surface area contributed by atoms with Crippen LogP contribution in [0.4, 0.5) is 0 Å². The predicted molar refractivity (Wildman–Crippen MR) is 81.5 cm³/mol. The molecule has 1 amide bonds. The molecular formula is C14H18ClNO4S. The lowest BCUT2D eigenvalue weighted by Gasteiger charge is -2.23. The van der Waals surface area contributed by atoms with Gasteiger partial charge in [-0.3, -0.25) is 4.79 Å².